The van der Waals surface area contributed by atoms with Gasteiger partial charge in [-0.25, -0.2) is 8.78 Å². The van der Waals surface area contributed by atoms with E-state index in [1.807, 2.05) is 13.8 Å². The van der Waals surface area contributed by atoms with Gasteiger partial charge in [-0.3, -0.25) is 0 Å². The third-order valence-corrected chi connectivity index (χ3v) is 3.16. The average Bonchev–Trinajstić information content (AvgIpc) is 2.13. The predicted octanol–water partition coefficient (Wildman–Crippen LogP) is 3.30. The van der Waals surface area contributed by atoms with E-state index in [9.17, 15) is 13.9 Å². The summed E-state index contributed by atoms with van der Waals surface area (Å²) in [4.78, 5) is 0. The van der Waals surface area contributed by atoms with Crippen molar-refractivity contribution in [1.29, 1.82) is 0 Å². The molecule has 0 aliphatic rings. The van der Waals surface area contributed by atoms with Crippen LogP contribution in [-0.4, -0.2) is 10.7 Å². The van der Waals surface area contributed by atoms with Crippen molar-refractivity contribution in [3.8, 4) is 0 Å². The van der Waals surface area contributed by atoms with Crippen molar-refractivity contribution in [1.82, 2.24) is 0 Å². The van der Waals surface area contributed by atoms with Crippen molar-refractivity contribution in [3.05, 3.63) is 35.4 Å². The lowest BCUT2D eigenvalue weighted by Gasteiger charge is -2.29. The van der Waals surface area contributed by atoms with Gasteiger partial charge < -0.3 is 5.11 Å². The molecule has 0 aromatic heterocycles. The summed E-state index contributed by atoms with van der Waals surface area (Å²) in [5, 5.41) is 10.2. The molecule has 0 spiro atoms. The molecule has 0 amide bonds. The summed E-state index contributed by atoms with van der Waals surface area (Å²) in [6.45, 7) is 5.60. The molecule has 0 aliphatic carbocycles. The molecule has 0 saturated heterocycles. The van der Waals surface area contributed by atoms with Crippen LogP contribution in [0.5, 0.6) is 0 Å². The third-order valence-electron chi connectivity index (χ3n) is 3.16. The van der Waals surface area contributed by atoms with E-state index in [2.05, 4.69) is 0 Å². The van der Waals surface area contributed by atoms with E-state index in [-0.39, 0.29) is 12.3 Å². The van der Waals surface area contributed by atoms with E-state index < -0.39 is 17.2 Å². The van der Waals surface area contributed by atoms with Crippen molar-refractivity contribution >= 4 is 0 Å². The Morgan fingerprint density at radius 2 is 1.75 bits per heavy atom. The van der Waals surface area contributed by atoms with Crippen molar-refractivity contribution in [2.45, 2.75) is 39.2 Å². The second kappa shape index (κ2) is 4.91. The molecule has 1 aromatic rings. The first-order valence-electron chi connectivity index (χ1n) is 5.52. The first kappa shape index (κ1) is 13.1. The maximum atomic E-state index is 13.0. The summed E-state index contributed by atoms with van der Waals surface area (Å²) >= 11 is 0. The van der Waals surface area contributed by atoms with Crippen LogP contribution in [0.2, 0.25) is 0 Å². The molecule has 90 valence electrons. The summed E-state index contributed by atoms with van der Waals surface area (Å²) in [5.41, 5.74) is -0.447. The Bertz CT molecular complexity index is 341. The monoisotopic (exact) mass is 228 g/mol. The molecule has 16 heavy (non-hydrogen) atoms. The van der Waals surface area contributed by atoms with Crippen LogP contribution in [0.3, 0.4) is 0 Å². The highest BCUT2D eigenvalue weighted by molar-refractivity contribution is 5.19. The molecule has 0 heterocycles. The number of hydrogen-bond acceptors (Lipinski definition) is 1. The zero-order valence-electron chi connectivity index (χ0n) is 9.93. The lowest BCUT2D eigenvalue weighted by atomic mass is 9.83. The number of hydrogen-bond donors (Lipinski definition) is 1. The van der Waals surface area contributed by atoms with Crippen LogP contribution in [0.25, 0.3) is 0 Å². The number of rotatable bonds is 4. The Hall–Kier alpha value is -0.960. The molecule has 0 aliphatic heterocycles. The molecule has 1 nitrogen and oxygen atoms in total. The highest BCUT2D eigenvalue weighted by Gasteiger charge is 2.27. The van der Waals surface area contributed by atoms with Gasteiger partial charge in [0, 0.05) is 12.5 Å². The molecule has 0 bridgehead atoms. The van der Waals surface area contributed by atoms with Crippen molar-refractivity contribution in [2.75, 3.05) is 0 Å². The zero-order valence-corrected chi connectivity index (χ0v) is 9.93. The first-order chi connectivity index (χ1) is 7.35. The zero-order chi connectivity index (χ0) is 12.3. The first-order valence-corrected chi connectivity index (χ1v) is 5.52. The molecule has 0 fully saturated rings. The van der Waals surface area contributed by atoms with E-state index >= 15 is 0 Å². The summed E-state index contributed by atoms with van der Waals surface area (Å²) in [5.74, 6) is -1.12. The van der Waals surface area contributed by atoms with Crippen LogP contribution >= 0.6 is 0 Å². The maximum Gasteiger partial charge on any atom is 0.126 e. The number of halogens is 2. The van der Waals surface area contributed by atoms with Crippen LogP contribution in [0.1, 0.15) is 32.8 Å². The van der Waals surface area contributed by atoms with Gasteiger partial charge in [0.15, 0.2) is 0 Å². The highest BCUT2D eigenvalue weighted by atomic mass is 19.1. The number of benzene rings is 1. The maximum absolute atomic E-state index is 13.0. The standard InChI is InChI=1S/C13H18F2O/c1-4-9(2)13(3,16)8-10-5-11(14)7-12(15)6-10/h5-7,9,16H,4,8H2,1-3H3. The Morgan fingerprint density at radius 1 is 1.25 bits per heavy atom. The summed E-state index contributed by atoms with van der Waals surface area (Å²) in [6, 6.07) is 3.36. The molecule has 1 rings (SSSR count). The highest BCUT2D eigenvalue weighted by Crippen LogP contribution is 2.25. The van der Waals surface area contributed by atoms with Gasteiger partial charge in [0.25, 0.3) is 0 Å². The third kappa shape index (κ3) is 3.27. The topological polar surface area (TPSA) is 20.2 Å². The summed E-state index contributed by atoms with van der Waals surface area (Å²) in [7, 11) is 0. The largest absolute Gasteiger partial charge is 0.390 e. The van der Waals surface area contributed by atoms with Crippen molar-refractivity contribution in [2.24, 2.45) is 5.92 Å². The number of aliphatic hydroxyl groups is 1. The van der Waals surface area contributed by atoms with E-state index in [1.165, 1.54) is 12.1 Å². The SMILES string of the molecule is CCC(C)C(C)(O)Cc1cc(F)cc(F)c1. The average molecular weight is 228 g/mol. The van der Waals surface area contributed by atoms with Crippen molar-refractivity contribution < 1.29 is 13.9 Å². The van der Waals surface area contributed by atoms with Gasteiger partial charge in [0.05, 0.1) is 5.60 Å². The Kier molecular flexibility index (Phi) is 4.03. The van der Waals surface area contributed by atoms with E-state index in [0.717, 1.165) is 12.5 Å². The molecule has 1 aromatic carbocycles. The molecule has 2 unspecified atom stereocenters. The summed E-state index contributed by atoms with van der Waals surface area (Å²) in [6.07, 6.45) is 1.08. The fourth-order valence-corrected chi connectivity index (χ4v) is 1.74. The van der Waals surface area contributed by atoms with Crippen LogP contribution in [-0.2, 0) is 6.42 Å². The van der Waals surface area contributed by atoms with Crippen LogP contribution in [0.15, 0.2) is 18.2 Å². The molecule has 3 heteroatoms. The Morgan fingerprint density at radius 3 is 2.19 bits per heavy atom. The summed E-state index contributed by atoms with van der Waals surface area (Å²) < 4.78 is 25.9. The second-order valence-electron chi connectivity index (χ2n) is 4.62. The quantitative estimate of drug-likeness (QED) is 0.838. The van der Waals surface area contributed by atoms with E-state index in [0.29, 0.717) is 5.56 Å². The van der Waals surface area contributed by atoms with E-state index in [4.69, 9.17) is 0 Å². The molecule has 1 N–H and O–H groups in total. The molecular formula is C13H18F2O. The molecule has 0 radical (unpaired) electrons. The fraction of sp³-hybridized carbons (Fsp3) is 0.538. The fourth-order valence-electron chi connectivity index (χ4n) is 1.74. The molecular weight excluding hydrogens is 210 g/mol. The predicted molar refractivity (Wildman–Crippen MR) is 60.1 cm³/mol. The Labute approximate surface area is 95.1 Å². The second-order valence-corrected chi connectivity index (χ2v) is 4.62. The van der Waals surface area contributed by atoms with Gasteiger partial charge >= 0.3 is 0 Å². The van der Waals surface area contributed by atoms with Crippen LogP contribution in [0, 0.1) is 17.6 Å². The minimum absolute atomic E-state index is 0.0822. The van der Waals surface area contributed by atoms with Gasteiger partial charge in [-0.15, -0.1) is 0 Å². The van der Waals surface area contributed by atoms with Gasteiger partial charge in [-0.1, -0.05) is 20.3 Å². The van der Waals surface area contributed by atoms with Gasteiger partial charge in [0.2, 0.25) is 0 Å². The van der Waals surface area contributed by atoms with E-state index in [1.54, 1.807) is 6.92 Å². The lowest BCUT2D eigenvalue weighted by molar-refractivity contribution is 0.00508. The normalized spacial score (nSPS) is 16.9. The van der Waals surface area contributed by atoms with Gasteiger partial charge in [-0.2, -0.15) is 0 Å². The molecule has 2 atom stereocenters. The molecule has 0 saturated carbocycles. The van der Waals surface area contributed by atoms with Crippen LogP contribution < -0.4 is 0 Å². The van der Waals surface area contributed by atoms with Crippen LogP contribution in [0.4, 0.5) is 8.78 Å². The van der Waals surface area contributed by atoms with Crippen molar-refractivity contribution in [3.63, 3.8) is 0 Å². The lowest BCUT2D eigenvalue weighted by Crippen LogP contribution is -2.35. The minimum Gasteiger partial charge on any atom is -0.390 e. The minimum atomic E-state index is -0.936. The van der Waals surface area contributed by atoms with Gasteiger partial charge in [-0.05, 0) is 30.5 Å². The van der Waals surface area contributed by atoms with Gasteiger partial charge in [0.1, 0.15) is 11.6 Å². The smallest absolute Gasteiger partial charge is 0.126 e. The Balaban J connectivity index is 2.87.